The molecule has 24 heavy (non-hydrogen) atoms. The lowest BCUT2D eigenvalue weighted by Crippen LogP contribution is -2.55. The molecule has 0 aromatic heterocycles. The van der Waals surface area contributed by atoms with E-state index in [1.807, 2.05) is 12.2 Å². The number of carbonyl (C=O) groups is 2. The van der Waals surface area contributed by atoms with Crippen LogP contribution in [0.1, 0.15) is 25.7 Å². The number of halogens is 2. The molecule has 0 unspecified atom stereocenters. The lowest BCUT2D eigenvalue weighted by molar-refractivity contribution is -0.146. The Hall–Kier alpha value is -1.72. The smallest absolute Gasteiger partial charge is 0.303 e. The quantitative estimate of drug-likeness (QED) is 0.407. The fourth-order valence-electron chi connectivity index (χ4n) is 2.40. The third-order valence-corrected chi connectivity index (χ3v) is 4.12. The highest BCUT2D eigenvalue weighted by Crippen LogP contribution is 2.26. The summed E-state index contributed by atoms with van der Waals surface area (Å²) in [6.07, 6.45) is 5.70. The van der Waals surface area contributed by atoms with Gasteiger partial charge in [0, 0.05) is 23.0 Å². The van der Waals surface area contributed by atoms with Crippen molar-refractivity contribution in [3.05, 3.63) is 40.4 Å². The van der Waals surface area contributed by atoms with Crippen molar-refractivity contribution < 1.29 is 19.4 Å². The average Bonchev–Trinajstić information content (AvgIpc) is 2.49. The maximum atomic E-state index is 11.7. The number of allylic oxidation sites excluding steroid dienone is 1. The Kier molecular flexibility index (Phi) is 6.94. The number of unbranched alkanes of at least 4 members (excludes halogenated alkanes) is 1. The molecule has 0 bridgehead atoms. The maximum absolute atomic E-state index is 11.7. The highest BCUT2D eigenvalue weighted by atomic mass is 35.5. The molecule has 0 saturated carbocycles. The van der Waals surface area contributed by atoms with Crippen molar-refractivity contribution in [2.24, 2.45) is 0 Å². The Morgan fingerprint density at radius 2 is 2.00 bits per heavy atom. The number of rotatable bonds is 9. The summed E-state index contributed by atoms with van der Waals surface area (Å²) in [4.78, 5) is 23.8. The molecule has 0 spiro atoms. The summed E-state index contributed by atoms with van der Waals surface area (Å²) in [5, 5.41) is 9.56. The molecule has 0 aliphatic carbocycles. The first kappa shape index (κ1) is 18.6. The zero-order valence-corrected chi connectivity index (χ0v) is 14.6. The normalized spacial score (nSPS) is 17.2. The van der Waals surface area contributed by atoms with E-state index in [9.17, 15) is 9.59 Å². The molecule has 1 aromatic rings. The molecule has 1 amide bonds. The number of aliphatic carboxylic acids is 1. The van der Waals surface area contributed by atoms with E-state index in [1.165, 1.54) is 0 Å². The molecule has 1 fully saturated rings. The van der Waals surface area contributed by atoms with E-state index in [0.29, 0.717) is 48.2 Å². The summed E-state index contributed by atoms with van der Waals surface area (Å²) in [6.45, 7) is 0.894. The van der Waals surface area contributed by atoms with E-state index >= 15 is 0 Å². The van der Waals surface area contributed by atoms with Gasteiger partial charge >= 0.3 is 5.97 Å². The van der Waals surface area contributed by atoms with Crippen LogP contribution in [0.2, 0.25) is 10.0 Å². The van der Waals surface area contributed by atoms with Crippen LogP contribution < -0.4 is 4.74 Å². The fourth-order valence-corrected chi connectivity index (χ4v) is 2.91. The number of amides is 1. The molecule has 0 radical (unpaired) electrons. The lowest BCUT2D eigenvalue weighted by Gasteiger charge is -2.39. The maximum Gasteiger partial charge on any atom is 0.303 e. The van der Waals surface area contributed by atoms with Crippen molar-refractivity contribution in [2.45, 2.75) is 31.7 Å². The minimum absolute atomic E-state index is 0.0268. The Morgan fingerprint density at radius 1 is 1.29 bits per heavy atom. The molecule has 130 valence electrons. The first-order chi connectivity index (χ1) is 11.5. The predicted octanol–water partition coefficient (Wildman–Crippen LogP) is 3.78. The SMILES string of the molecule is O=C(O)CCC/C=C\CN1C(=O)C[C@@H]1COc1cc(Cl)cc(Cl)c1. The number of β-lactam (4-membered cyclic amide) rings is 1. The lowest BCUT2D eigenvalue weighted by atomic mass is 10.0. The second-order valence-corrected chi connectivity index (χ2v) is 6.45. The molecular formula is C17H19Cl2NO4. The van der Waals surface area contributed by atoms with Gasteiger partial charge in [0.25, 0.3) is 0 Å². The van der Waals surface area contributed by atoms with Gasteiger partial charge < -0.3 is 14.7 Å². The zero-order valence-electron chi connectivity index (χ0n) is 13.1. The highest BCUT2D eigenvalue weighted by Gasteiger charge is 2.35. The number of nitrogens with zero attached hydrogens (tertiary/aromatic N) is 1. The topological polar surface area (TPSA) is 66.8 Å². The Labute approximate surface area is 150 Å². The largest absolute Gasteiger partial charge is 0.491 e. The average molecular weight is 372 g/mol. The number of hydrogen-bond donors (Lipinski definition) is 1. The van der Waals surface area contributed by atoms with Crippen LogP contribution in [0.5, 0.6) is 5.75 Å². The highest BCUT2D eigenvalue weighted by molar-refractivity contribution is 6.34. The van der Waals surface area contributed by atoms with Gasteiger partial charge in [-0.2, -0.15) is 0 Å². The van der Waals surface area contributed by atoms with Crippen LogP contribution in [0.25, 0.3) is 0 Å². The van der Waals surface area contributed by atoms with Crippen molar-refractivity contribution in [2.75, 3.05) is 13.2 Å². The molecule has 1 atom stereocenters. The van der Waals surface area contributed by atoms with Gasteiger partial charge in [-0.3, -0.25) is 9.59 Å². The molecule has 2 rings (SSSR count). The molecule has 1 heterocycles. The van der Waals surface area contributed by atoms with Crippen LogP contribution in [0, 0.1) is 0 Å². The Morgan fingerprint density at radius 3 is 2.62 bits per heavy atom. The molecular weight excluding hydrogens is 353 g/mol. The predicted molar refractivity (Wildman–Crippen MR) is 92.7 cm³/mol. The van der Waals surface area contributed by atoms with E-state index in [2.05, 4.69) is 0 Å². The van der Waals surface area contributed by atoms with Crippen molar-refractivity contribution in [1.82, 2.24) is 4.90 Å². The van der Waals surface area contributed by atoms with Gasteiger partial charge in [-0.05, 0) is 31.0 Å². The van der Waals surface area contributed by atoms with Gasteiger partial charge in [-0.1, -0.05) is 35.4 Å². The molecule has 7 heteroatoms. The van der Waals surface area contributed by atoms with Gasteiger partial charge in [-0.25, -0.2) is 0 Å². The summed E-state index contributed by atoms with van der Waals surface area (Å²) < 4.78 is 5.67. The molecule has 1 aromatic carbocycles. The van der Waals surface area contributed by atoms with Crippen LogP contribution >= 0.6 is 23.2 Å². The van der Waals surface area contributed by atoms with Crippen molar-refractivity contribution in [3.63, 3.8) is 0 Å². The number of carboxylic acid groups (broad SMARTS) is 1. The Balaban J connectivity index is 1.74. The fraction of sp³-hybridized carbons (Fsp3) is 0.412. The van der Waals surface area contributed by atoms with E-state index in [-0.39, 0.29) is 18.4 Å². The van der Waals surface area contributed by atoms with E-state index in [1.54, 1.807) is 23.1 Å². The van der Waals surface area contributed by atoms with Crippen molar-refractivity contribution in [3.8, 4) is 5.75 Å². The number of benzene rings is 1. The van der Waals surface area contributed by atoms with Gasteiger partial charge in [0.2, 0.25) is 5.91 Å². The Bertz CT molecular complexity index is 613. The second-order valence-electron chi connectivity index (χ2n) is 5.58. The molecule has 1 N–H and O–H groups in total. The summed E-state index contributed by atoms with van der Waals surface area (Å²) in [7, 11) is 0. The first-order valence-corrected chi connectivity index (χ1v) is 8.46. The number of carboxylic acids is 1. The molecule has 1 saturated heterocycles. The summed E-state index contributed by atoms with van der Waals surface area (Å²) >= 11 is 11.8. The zero-order chi connectivity index (χ0) is 17.5. The van der Waals surface area contributed by atoms with E-state index in [0.717, 1.165) is 0 Å². The van der Waals surface area contributed by atoms with Crippen LogP contribution in [0.15, 0.2) is 30.4 Å². The number of likely N-dealkylation sites (tertiary alicyclic amines) is 1. The minimum atomic E-state index is -0.792. The number of hydrogen-bond acceptors (Lipinski definition) is 3. The molecule has 1 aliphatic rings. The van der Waals surface area contributed by atoms with Crippen LogP contribution in [-0.4, -0.2) is 41.1 Å². The van der Waals surface area contributed by atoms with Crippen LogP contribution in [0.4, 0.5) is 0 Å². The van der Waals surface area contributed by atoms with Crippen LogP contribution in [-0.2, 0) is 9.59 Å². The first-order valence-electron chi connectivity index (χ1n) is 7.71. The standard InChI is InChI=1S/C17H19Cl2NO4/c18-12-7-13(19)9-15(8-12)24-11-14-10-16(21)20(14)6-4-2-1-3-5-17(22)23/h2,4,7-9,14H,1,3,5-6,10-11H2,(H,22,23)/b4-2-/t14-/m1/s1. The van der Waals surface area contributed by atoms with E-state index < -0.39 is 5.97 Å². The summed E-state index contributed by atoms with van der Waals surface area (Å²) in [6, 6.07) is 5.02. The van der Waals surface area contributed by atoms with Gasteiger partial charge in [0.1, 0.15) is 12.4 Å². The van der Waals surface area contributed by atoms with Crippen LogP contribution in [0.3, 0.4) is 0 Å². The third-order valence-electron chi connectivity index (χ3n) is 3.68. The summed E-state index contributed by atoms with van der Waals surface area (Å²) in [5.41, 5.74) is 0. The molecule has 1 aliphatic heterocycles. The second kappa shape index (κ2) is 8.94. The molecule has 5 nitrogen and oxygen atoms in total. The minimum Gasteiger partial charge on any atom is -0.491 e. The summed E-state index contributed by atoms with van der Waals surface area (Å²) in [5.74, 6) is -0.126. The van der Waals surface area contributed by atoms with E-state index in [4.69, 9.17) is 33.0 Å². The van der Waals surface area contributed by atoms with Gasteiger partial charge in [0.15, 0.2) is 0 Å². The number of carbonyl (C=O) groups excluding carboxylic acids is 1. The van der Waals surface area contributed by atoms with Gasteiger partial charge in [-0.15, -0.1) is 0 Å². The number of ether oxygens (including phenoxy) is 1. The third kappa shape index (κ3) is 5.73. The van der Waals surface area contributed by atoms with Crippen molar-refractivity contribution >= 4 is 35.1 Å². The monoisotopic (exact) mass is 371 g/mol. The van der Waals surface area contributed by atoms with Crippen molar-refractivity contribution in [1.29, 1.82) is 0 Å². The van der Waals surface area contributed by atoms with Gasteiger partial charge in [0.05, 0.1) is 12.5 Å².